The van der Waals surface area contributed by atoms with Crippen molar-refractivity contribution in [2.24, 2.45) is 0 Å². The predicted molar refractivity (Wildman–Crippen MR) is 107 cm³/mol. The van der Waals surface area contributed by atoms with Gasteiger partial charge in [-0.3, -0.25) is 4.79 Å². The zero-order valence-corrected chi connectivity index (χ0v) is 16.8. The molecule has 0 unspecified atom stereocenters. The fraction of sp³-hybridized carbons (Fsp3) is 0.190. The number of amides is 1. The second kappa shape index (κ2) is 9.04. The molecule has 0 bridgehead atoms. The minimum Gasteiger partial charge on any atom is -0.480 e. The van der Waals surface area contributed by atoms with Crippen molar-refractivity contribution in [2.75, 3.05) is 14.2 Å². The van der Waals surface area contributed by atoms with E-state index in [1.54, 1.807) is 6.07 Å². The Morgan fingerprint density at radius 2 is 1.90 bits per heavy atom. The molecule has 2 aromatic carbocycles. The van der Waals surface area contributed by atoms with Gasteiger partial charge in [0.15, 0.2) is 0 Å². The van der Waals surface area contributed by atoms with Crippen LogP contribution in [0.5, 0.6) is 5.88 Å². The number of nitrogens with one attached hydrogen (secondary N) is 1. The predicted octanol–water partition coefficient (Wildman–Crippen LogP) is 3.82. The first-order valence-electron chi connectivity index (χ1n) is 8.79. The summed E-state index contributed by atoms with van der Waals surface area (Å²) >= 11 is 5.99. The number of rotatable bonds is 6. The number of nitrogens with zero attached hydrogens (tertiary/aromatic N) is 1. The Morgan fingerprint density at radius 3 is 2.57 bits per heavy atom. The number of pyridine rings is 1. The second-order valence-electron chi connectivity index (χ2n) is 6.30. The molecule has 0 fully saturated rings. The molecule has 6 nitrogen and oxygen atoms in total. The summed E-state index contributed by atoms with van der Waals surface area (Å²) in [5.41, 5.74) is 0.431. The van der Waals surface area contributed by atoms with E-state index < -0.39 is 23.5 Å². The Kier molecular flexibility index (Phi) is 6.47. The largest absolute Gasteiger partial charge is 0.480 e. The molecule has 0 aliphatic carbocycles. The van der Waals surface area contributed by atoms with Crippen LogP contribution in [-0.2, 0) is 22.5 Å². The van der Waals surface area contributed by atoms with Crippen LogP contribution in [0.2, 0.25) is 5.02 Å². The Balaban J connectivity index is 1.94. The van der Waals surface area contributed by atoms with E-state index in [1.165, 1.54) is 44.6 Å². The van der Waals surface area contributed by atoms with E-state index in [2.05, 4.69) is 10.3 Å². The number of carbonyl (C=O) groups excluding carboxylic acids is 2. The van der Waals surface area contributed by atoms with E-state index in [0.29, 0.717) is 5.39 Å². The number of hydrogen-bond acceptors (Lipinski definition) is 5. The van der Waals surface area contributed by atoms with Crippen LogP contribution in [0.4, 0.5) is 8.78 Å². The first-order chi connectivity index (χ1) is 14.3. The monoisotopic (exact) mass is 434 g/mol. The van der Waals surface area contributed by atoms with Crippen LogP contribution in [0, 0.1) is 11.6 Å². The highest BCUT2D eigenvalue weighted by Crippen LogP contribution is 2.31. The molecular formula is C21H17ClF2N2O4. The molecule has 3 aromatic rings. The lowest BCUT2D eigenvalue weighted by atomic mass is 10.1. The van der Waals surface area contributed by atoms with Crippen molar-refractivity contribution in [2.45, 2.75) is 13.0 Å². The molecule has 1 amide bonds. The van der Waals surface area contributed by atoms with Crippen LogP contribution >= 0.6 is 11.6 Å². The van der Waals surface area contributed by atoms with Crippen molar-refractivity contribution in [1.82, 2.24) is 10.3 Å². The normalized spacial score (nSPS) is 10.7. The minimum atomic E-state index is -0.768. The molecule has 0 saturated carbocycles. The number of ether oxygens (including phenoxy) is 2. The maximum Gasteiger partial charge on any atom is 0.343 e. The number of hydrogen-bond donors (Lipinski definition) is 1. The standard InChI is InChI=1S/C21H17ClF2N2O4/c1-29-20-13(21(28)30-2)7-12-8-15(22)18(24)14(19(12)26-20)10-25-17(27)9-11-5-3-4-6-16(11)23/h3-8H,9-10H2,1-2H3,(H,25,27). The average molecular weight is 435 g/mol. The van der Waals surface area contributed by atoms with Crippen LogP contribution in [0.1, 0.15) is 21.5 Å². The quantitative estimate of drug-likeness (QED) is 0.597. The zero-order valence-electron chi connectivity index (χ0n) is 16.1. The fourth-order valence-electron chi connectivity index (χ4n) is 2.95. The number of halogens is 3. The van der Waals surface area contributed by atoms with E-state index in [4.69, 9.17) is 21.1 Å². The van der Waals surface area contributed by atoms with Gasteiger partial charge < -0.3 is 14.8 Å². The summed E-state index contributed by atoms with van der Waals surface area (Å²) in [6, 6.07) is 8.61. The van der Waals surface area contributed by atoms with Crippen molar-refractivity contribution < 1.29 is 27.8 Å². The average Bonchev–Trinajstić information content (AvgIpc) is 2.74. The van der Waals surface area contributed by atoms with Gasteiger partial charge in [-0.2, -0.15) is 0 Å². The Hall–Kier alpha value is -3.26. The van der Waals surface area contributed by atoms with Gasteiger partial charge >= 0.3 is 5.97 Å². The molecule has 0 radical (unpaired) electrons. The van der Waals surface area contributed by atoms with Crippen molar-refractivity contribution in [3.63, 3.8) is 0 Å². The van der Waals surface area contributed by atoms with E-state index >= 15 is 0 Å². The summed E-state index contributed by atoms with van der Waals surface area (Å²) in [6.07, 6.45) is -0.212. The SMILES string of the molecule is COC(=O)c1cc2cc(Cl)c(F)c(CNC(=O)Cc3ccccc3F)c2nc1OC. The van der Waals surface area contributed by atoms with Crippen LogP contribution in [0.15, 0.2) is 36.4 Å². The summed E-state index contributed by atoms with van der Waals surface area (Å²) in [5, 5.41) is 2.70. The molecule has 1 aromatic heterocycles. The van der Waals surface area contributed by atoms with Crippen LogP contribution in [0.25, 0.3) is 10.9 Å². The molecule has 0 spiro atoms. The Morgan fingerprint density at radius 1 is 1.17 bits per heavy atom. The molecule has 30 heavy (non-hydrogen) atoms. The zero-order chi connectivity index (χ0) is 21.8. The van der Waals surface area contributed by atoms with Crippen LogP contribution in [0.3, 0.4) is 0 Å². The van der Waals surface area contributed by atoms with Gasteiger partial charge in [-0.05, 0) is 23.8 Å². The molecular weight excluding hydrogens is 418 g/mol. The number of methoxy groups -OCH3 is 2. The summed E-state index contributed by atoms with van der Waals surface area (Å²) in [6.45, 7) is -0.246. The molecule has 0 aliphatic heterocycles. The van der Waals surface area contributed by atoms with E-state index in [1.807, 2.05) is 0 Å². The number of esters is 1. The Labute approximate surface area is 175 Å². The maximum absolute atomic E-state index is 14.7. The van der Waals surface area contributed by atoms with Gasteiger partial charge in [-0.1, -0.05) is 29.8 Å². The third-order valence-electron chi connectivity index (χ3n) is 4.43. The van der Waals surface area contributed by atoms with Gasteiger partial charge in [-0.15, -0.1) is 0 Å². The van der Waals surface area contributed by atoms with E-state index in [0.717, 1.165) is 0 Å². The molecule has 0 saturated heterocycles. The molecule has 1 N–H and O–H groups in total. The highest BCUT2D eigenvalue weighted by Gasteiger charge is 2.21. The molecule has 1 heterocycles. The van der Waals surface area contributed by atoms with Gasteiger partial charge in [-0.25, -0.2) is 18.6 Å². The van der Waals surface area contributed by atoms with Gasteiger partial charge in [0.25, 0.3) is 0 Å². The van der Waals surface area contributed by atoms with Gasteiger partial charge in [0.2, 0.25) is 11.8 Å². The van der Waals surface area contributed by atoms with Crippen molar-refractivity contribution in [1.29, 1.82) is 0 Å². The number of benzene rings is 2. The lowest BCUT2D eigenvalue weighted by Gasteiger charge is -2.13. The summed E-state index contributed by atoms with van der Waals surface area (Å²) in [7, 11) is 2.52. The van der Waals surface area contributed by atoms with Crippen LogP contribution < -0.4 is 10.1 Å². The fourth-order valence-corrected chi connectivity index (χ4v) is 3.18. The van der Waals surface area contributed by atoms with E-state index in [9.17, 15) is 18.4 Å². The highest BCUT2D eigenvalue weighted by molar-refractivity contribution is 6.31. The summed E-state index contributed by atoms with van der Waals surface area (Å²) in [5.74, 6) is -2.52. The lowest BCUT2D eigenvalue weighted by molar-refractivity contribution is -0.120. The minimum absolute atomic E-state index is 0.00843. The van der Waals surface area contributed by atoms with E-state index in [-0.39, 0.29) is 46.1 Å². The molecule has 0 aliphatic rings. The second-order valence-corrected chi connectivity index (χ2v) is 6.71. The topological polar surface area (TPSA) is 77.5 Å². The van der Waals surface area contributed by atoms with Gasteiger partial charge in [0, 0.05) is 17.5 Å². The molecule has 156 valence electrons. The molecule has 9 heteroatoms. The Bertz CT molecular complexity index is 1140. The smallest absolute Gasteiger partial charge is 0.343 e. The number of fused-ring (bicyclic) bond motifs is 1. The summed E-state index contributed by atoms with van der Waals surface area (Å²) in [4.78, 5) is 28.4. The number of aromatic nitrogens is 1. The third-order valence-corrected chi connectivity index (χ3v) is 4.70. The highest BCUT2D eigenvalue weighted by atomic mass is 35.5. The van der Waals surface area contributed by atoms with Gasteiger partial charge in [0.05, 0.1) is 31.2 Å². The third kappa shape index (κ3) is 4.33. The lowest BCUT2D eigenvalue weighted by Crippen LogP contribution is -2.25. The van der Waals surface area contributed by atoms with Crippen molar-refractivity contribution >= 4 is 34.4 Å². The first kappa shape index (κ1) is 21.4. The van der Waals surface area contributed by atoms with Crippen molar-refractivity contribution in [3.8, 4) is 5.88 Å². The molecule has 0 atom stereocenters. The van der Waals surface area contributed by atoms with Gasteiger partial charge in [0.1, 0.15) is 17.2 Å². The maximum atomic E-state index is 14.7. The first-order valence-corrected chi connectivity index (χ1v) is 9.17. The summed E-state index contributed by atoms with van der Waals surface area (Å²) < 4.78 is 38.3. The number of carbonyl (C=O) groups is 2. The van der Waals surface area contributed by atoms with Crippen LogP contribution in [-0.4, -0.2) is 31.1 Å². The molecule has 3 rings (SSSR count). The van der Waals surface area contributed by atoms with Crippen molar-refractivity contribution in [3.05, 3.63) is 69.7 Å².